The second kappa shape index (κ2) is 5.35. The molecule has 1 aromatic heterocycles. The number of nitrogens with zero attached hydrogens (tertiary/aromatic N) is 3. The van der Waals surface area contributed by atoms with Gasteiger partial charge in [-0.25, -0.2) is 4.68 Å². The molecule has 0 fully saturated rings. The third kappa shape index (κ3) is 2.63. The standard InChI is InChI=1S/C13H8ClF3N4O/c1-6-11(12(19)22)10(5-18)21(20-6)9-3-2-7(14)4-8(9)13(15,16)17/h2-4H,1H3,(H2,19,22). The van der Waals surface area contributed by atoms with E-state index in [1.54, 1.807) is 6.07 Å². The normalized spacial score (nSPS) is 11.3. The number of nitrogens with two attached hydrogens (primary N) is 1. The fourth-order valence-electron chi connectivity index (χ4n) is 2.02. The molecule has 9 heteroatoms. The first kappa shape index (κ1) is 15.9. The summed E-state index contributed by atoms with van der Waals surface area (Å²) in [5.74, 6) is -0.942. The molecule has 1 heterocycles. The van der Waals surface area contributed by atoms with E-state index in [-0.39, 0.29) is 22.0 Å². The lowest BCUT2D eigenvalue weighted by molar-refractivity contribution is -0.137. The second-order valence-electron chi connectivity index (χ2n) is 4.36. The van der Waals surface area contributed by atoms with Gasteiger partial charge in [0.05, 0.1) is 22.5 Å². The van der Waals surface area contributed by atoms with Gasteiger partial charge in [-0.15, -0.1) is 0 Å². The van der Waals surface area contributed by atoms with Gasteiger partial charge in [-0.05, 0) is 25.1 Å². The molecule has 1 aromatic carbocycles. The lowest BCUT2D eigenvalue weighted by Gasteiger charge is -2.13. The smallest absolute Gasteiger partial charge is 0.365 e. The minimum absolute atomic E-state index is 0.0622. The van der Waals surface area contributed by atoms with E-state index in [1.165, 1.54) is 13.0 Å². The van der Waals surface area contributed by atoms with E-state index in [2.05, 4.69) is 5.10 Å². The Morgan fingerprint density at radius 2 is 2.09 bits per heavy atom. The van der Waals surface area contributed by atoms with Gasteiger partial charge < -0.3 is 5.73 Å². The van der Waals surface area contributed by atoms with Crippen molar-refractivity contribution >= 4 is 17.5 Å². The Morgan fingerprint density at radius 3 is 2.59 bits per heavy atom. The highest BCUT2D eigenvalue weighted by atomic mass is 35.5. The molecule has 0 saturated carbocycles. The van der Waals surface area contributed by atoms with Crippen LogP contribution in [0.5, 0.6) is 0 Å². The highest BCUT2D eigenvalue weighted by Gasteiger charge is 2.35. The van der Waals surface area contributed by atoms with Crippen LogP contribution in [0.4, 0.5) is 13.2 Å². The van der Waals surface area contributed by atoms with E-state index in [0.717, 1.165) is 16.8 Å². The highest BCUT2D eigenvalue weighted by molar-refractivity contribution is 6.30. The lowest BCUT2D eigenvalue weighted by atomic mass is 10.1. The minimum Gasteiger partial charge on any atom is -0.365 e. The summed E-state index contributed by atoms with van der Waals surface area (Å²) < 4.78 is 40.2. The average Bonchev–Trinajstić information content (AvgIpc) is 2.74. The van der Waals surface area contributed by atoms with Gasteiger partial charge in [0.15, 0.2) is 5.69 Å². The van der Waals surface area contributed by atoms with E-state index in [9.17, 15) is 18.0 Å². The number of halogens is 4. The van der Waals surface area contributed by atoms with Crippen LogP contribution in [-0.4, -0.2) is 15.7 Å². The first-order valence-corrected chi connectivity index (χ1v) is 6.21. The van der Waals surface area contributed by atoms with Crippen molar-refractivity contribution in [1.82, 2.24) is 9.78 Å². The monoisotopic (exact) mass is 328 g/mol. The number of amides is 1. The zero-order valence-corrected chi connectivity index (χ0v) is 11.8. The number of rotatable bonds is 2. The molecule has 1 amide bonds. The maximum absolute atomic E-state index is 13.1. The minimum atomic E-state index is -4.71. The maximum atomic E-state index is 13.1. The van der Waals surface area contributed by atoms with Crippen LogP contribution in [0.25, 0.3) is 5.69 Å². The summed E-state index contributed by atoms with van der Waals surface area (Å²) in [7, 11) is 0. The first-order chi connectivity index (χ1) is 10.2. The molecule has 5 nitrogen and oxygen atoms in total. The predicted molar refractivity (Wildman–Crippen MR) is 71.5 cm³/mol. The zero-order chi connectivity index (χ0) is 16.7. The second-order valence-corrected chi connectivity index (χ2v) is 4.79. The number of hydrogen-bond acceptors (Lipinski definition) is 3. The summed E-state index contributed by atoms with van der Waals surface area (Å²) in [5.41, 5.74) is 3.14. The quantitative estimate of drug-likeness (QED) is 0.919. The Kier molecular flexibility index (Phi) is 3.85. The number of carbonyl (C=O) groups excluding carboxylic acids is 1. The first-order valence-electron chi connectivity index (χ1n) is 5.83. The SMILES string of the molecule is Cc1nn(-c2ccc(Cl)cc2C(F)(F)F)c(C#N)c1C(N)=O. The number of benzene rings is 1. The predicted octanol–water partition coefficient (Wildman–Crippen LogP) is 2.82. The molecule has 0 atom stereocenters. The van der Waals surface area contributed by atoms with Crippen LogP contribution >= 0.6 is 11.6 Å². The van der Waals surface area contributed by atoms with Gasteiger partial charge >= 0.3 is 6.18 Å². The van der Waals surface area contributed by atoms with Crippen LogP contribution in [-0.2, 0) is 6.18 Å². The molecular formula is C13H8ClF3N4O. The molecular weight excluding hydrogens is 321 g/mol. The third-order valence-electron chi connectivity index (χ3n) is 2.90. The van der Waals surface area contributed by atoms with Crippen molar-refractivity contribution in [3.05, 3.63) is 45.7 Å². The van der Waals surface area contributed by atoms with Crippen LogP contribution in [0.2, 0.25) is 5.02 Å². The Morgan fingerprint density at radius 1 is 1.45 bits per heavy atom. The Hall–Kier alpha value is -2.53. The summed E-state index contributed by atoms with van der Waals surface area (Å²) in [5, 5.41) is 12.9. The van der Waals surface area contributed by atoms with Crippen molar-refractivity contribution in [3.63, 3.8) is 0 Å². The number of aryl methyl sites for hydroxylation is 1. The number of primary amides is 1. The van der Waals surface area contributed by atoms with Gasteiger partial charge in [0, 0.05) is 5.02 Å². The molecule has 0 saturated heterocycles. The van der Waals surface area contributed by atoms with Crippen molar-refractivity contribution in [1.29, 1.82) is 5.26 Å². The van der Waals surface area contributed by atoms with Gasteiger partial charge in [0.1, 0.15) is 6.07 Å². The van der Waals surface area contributed by atoms with Crippen molar-refractivity contribution in [2.24, 2.45) is 5.73 Å². The van der Waals surface area contributed by atoms with Crippen molar-refractivity contribution in [3.8, 4) is 11.8 Å². The summed E-state index contributed by atoms with van der Waals surface area (Å²) >= 11 is 5.60. The van der Waals surface area contributed by atoms with Crippen LogP contribution in [0.1, 0.15) is 27.3 Å². The van der Waals surface area contributed by atoms with Gasteiger partial charge in [-0.1, -0.05) is 11.6 Å². The highest BCUT2D eigenvalue weighted by Crippen LogP contribution is 2.36. The molecule has 114 valence electrons. The molecule has 0 radical (unpaired) electrons. The molecule has 22 heavy (non-hydrogen) atoms. The fourth-order valence-corrected chi connectivity index (χ4v) is 2.19. The van der Waals surface area contributed by atoms with Crippen LogP contribution in [0.15, 0.2) is 18.2 Å². The van der Waals surface area contributed by atoms with E-state index >= 15 is 0 Å². The van der Waals surface area contributed by atoms with Crippen LogP contribution < -0.4 is 5.73 Å². The zero-order valence-electron chi connectivity index (χ0n) is 11.1. The summed E-state index contributed by atoms with van der Waals surface area (Å²) in [6.45, 7) is 1.38. The number of hydrogen-bond donors (Lipinski definition) is 1. The van der Waals surface area contributed by atoms with E-state index in [4.69, 9.17) is 22.6 Å². The molecule has 0 bridgehead atoms. The summed E-state index contributed by atoms with van der Waals surface area (Å²) in [4.78, 5) is 11.4. The molecule has 0 aliphatic heterocycles. The summed E-state index contributed by atoms with van der Waals surface area (Å²) in [6.07, 6.45) is -4.71. The van der Waals surface area contributed by atoms with Crippen LogP contribution in [0, 0.1) is 18.3 Å². The van der Waals surface area contributed by atoms with E-state index in [1.807, 2.05) is 0 Å². The van der Waals surface area contributed by atoms with Gasteiger partial charge in [0.2, 0.25) is 0 Å². The molecule has 2 aromatic rings. The van der Waals surface area contributed by atoms with Gasteiger partial charge in [-0.2, -0.15) is 23.5 Å². The molecule has 2 N–H and O–H groups in total. The van der Waals surface area contributed by atoms with E-state index in [0.29, 0.717) is 0 Å². The number of alkyl halides is 3. The molecule has 0 spiro atoms. The number of carbonyl (C=O) groups is 1. The third-order valence-corrected chi connectivity index (χ3v) is 3.14. The van der Waals surface area contributed by atoms with E-state index < -0.39 is 23.3 Å². The Labute approximate surface area is 127 Å². The topological polar surface area (TPSA) is 84.7 Å². The Bertz CT molecular complexity index is 805. The van der Waals surface area contributed by atoms with Gasteiger partial charge in [0.25, 0.3) is 5.91 Å². The number of nitriles is 1. The molecule has 0 unspecified atom stereocenters. The van der Waals surface area contributed by atoms with Crippen molar-refractivity contribution < 1.29 is 18.0 Å². The van der Waals surface area contributed by atoms with Crippen LogP contribution in [0.3, 0.4) is 0 Å². The van der Waals surface area contributed by atoms with Gasteiger partial charge in [-0.3, -0.25) is 4.79 Å². The fraction of sp³-hybridized carbons (Fsp3) is 0.154. The molecule has 2 rings (SSSR count). The summed E-state index contributed by atoms with van der Waals surface area (Å²) in [6, 6.07) is 4.68. The molecule has 0 aliphatic carbocycles. The van der Waals surface area contributed by atoms with Crippen molar-refractivity contribution in [2.45, 2.75) is 13.1 Å². The van der Waals surface area contributed by atoms with Crippen molar-refractivity contribution in [2.75, 3.05) is 0 Å². The maximum Gasteiger partial charge on any atom is 0.418 e. The lowest BCUT2D eigenvalue weighted by Crippen LogP contribution is -2.15. The average molecular weight is 329 g/mol. The number of aromatic nitrogens is 2. The Balaban J connectivity index is 2.82. The largest absolute Gasteiger partial charge is 0.418 e. The molecule has 0 aliphatic rings.